The maximum atomic E-state index is 11.4. The van der Waals surface area contributed by atoms with Crippen molar-refractivity contribution in [1.29, 1.82) is 0 Å². The Morgan fingerprint density at radius 1 is 1.22 bits per heavy atom. The Hall–Kier alpha value is -2.36. The van der Waals surface area contributed by atoms with E-state index in [1.54, 1.807) is 20.3 Å². The molecular weight excluding hydrogens is 419 g/mol. The fourth-order valence-electron chi connectivity index (χ4n) is 4.23. The highest BCUT2D eigenvalue weighted by atomic mass is 31.1. The number of rotatable bonds is 8. The van der Waals surface area contributed by atoms with E-state index >= 15 is 0 Å². The number of ether oxygens (including phenoxy) is 2. The molecule has 0 saturated carbocycles. The lowest BCUT2D eigenvalue weighted by molar-refractivity contribution is -0.104. The first-order chi connectivity index (χ1) is 15.4. The minimum absolute atomic E-state index is 0.217. The number of nitrogens with zero attached hydrogens (tertiary/aromatic N) is 2. The lowest BCUT2D eigenvalue weighted by Crippen LogP contribution is -2.35. The van der Waals surface area contributed by atoms with Crippen LogP contribution < -0.4 is 9.47 Å². The zero-order valence-electron chi connectivity index (χ0n) is 20.0. The molecule has 6 heteroatoms. The maximum absolute atomic E-state index is 11.4. The monoisotopic (exact) mass is 454 g/mol. The van der Waals surface area contributed by atoms with Gasteiger partial charge in [0.2, 0.25) is 0 Å². The molecule has 2 heterocycles. The number of benzene rings is 1. The molecule has 0 spiro atoms. The molecule has 2 aliphatic rings. The largest absolute Gasteiger partial charge is 0.493 e. The number of allylic oxidation sites excluding steroid dienone is 3. The minimum Gasteiger partial charge on any atom is -0.493 e. The molecule has 1 aromatic carbocycles. The van der Waals surface area contributed by atoms with E-state index in [4.69, 9.17) is 9.47 Å². The third-order valence-electron chi connectivity index (χ3n) is 6.13. The summed E-state index contributed by atoms with van der Waals surface area (Å²) in [4.78, 5) is 16.2. The van der Waals surface area contributed by atoms with E-state index in [9.17, 15) is 4.79 Å². The molecule has 0 fully saturated rings. The van der Waals surface area contributed by atoms with Gasteiger partial charge in [-0.1, -0.05) is 26.8 Å². The summed E-state index contributed by atoms with van der Waals surface area (Å²) >= 11 is 0. The van der Waals surface area contributed by atoms with Crippen LogP contribution in [0.2, 0.25) is 0 Å². The molecule has 0 aliphatic carbocycles. The molecule has 3 rings (SSSR count). The molecule has 0 radical (unpaired) electrons. The molecule has 2 aliphatic heterocycles. The van der Waals surface area contributed by atoms with E-state index < -0.39 is 0 Å². The van der Waals surface area contributed by atoms with Crippen molar-refractivity contribution in [3.8, 4) is 11.5 Å². The molecule has 0 amide bonds. The fraction of sp³-hybridized carbons (Fsp3) is 0.423. The molecule has 172 valence electrons. The van der Waals surface area contributed by atoms with Crippen LogP contribution in [0.5, 0.6) is 11.5 Å². The highest BCUT2D eigenvalue weighted by molar-refractivity contribution is 7.51. The summed E-state index contributed by atoms with van der Waals surface area (Å²) in [5, 5.41) is 1.01. The average Bonchev–Trinajstić information content (AvgIpc) is 2.80. The topological polar surface area (TPSA) is 42.0 Å². The van der Waals surface area contributed by atoms with Gasteiger partial charge < -0.3 is 14.4 Å². The molecule has 2 atom stereocenters. The van der Waals surface area contributed by atoms with Crippen LogP contribution in [0.4, 0.5) is 0 Å². The third-order valence-corrected chi connectivity index (χ3v) is 8.03. The predicted octanol–water partition coefficient (Wildman–Crippen LogP) is 5.06. The van der Waals surface area contributed by atoms with Gasteiger partial charge in [0.1, 0.15) is 6.29 Å². The van der Waals surface area contributed by atoms with E-state index in [0.29, 0.717) is 26.1 Å². The van der Waals surface area contributed by atoms with Crippen molar-refractivity contribution in [2.24, 2.45) is 0 Å². The van der Waals surface area contributed by atoms with Gasteiger partial charge in [-0.3, -0.25) is 9.69 Å². The standard InChI is InChI=1S/C26H35N2O3P/c1-18(2)28-12-9-20(10-13-28)22-15-19(3)26(27(4)17-22)32-25(11-14-29)21-7-8-23(30-5)24(16-21)31-6/h7-9,11,14-18,26,32H,10,12-13H2,1-6H3/b25-11-. The van der Waals surface area contributed by atoms with E-state index in [2.05, 4.69) is 56.0 Å². The van der Waals surface area contributed by atoms with Crippen LogP contribution in [0, 0.1) is 0 Å². The summed E-state index contributed by atoms with van der Waals surface area (Å²) in [7, 11) is 5.80. The lowest BCUT2D eigenvalue weighted by Gasteiger charge is -2.35. The van der Waals surface area contributed by atoms with Crippen molar-refractivity contribution in [2.45, 2.75) is 39.0 Å². The number of methoxy groups -OCH3 is 2. The van der Waals surface area contributed by atoms with Gasteiger partial charge >= 0.3 is 0 Å². The predicted molar refractivity (Wildman–Crippen MR) is 135 cm³/mol. The molecule has 0 aromatic heterocycles. The Kier molecular flexibility index (Phi) is 8.33. The van der Waals surface area contributed by atoms with Gasteiger partial charge in [-0.05, 0) is 73.0 Å². The van der Waals surface area contributed by atoms with Crippen LogP contribution in [0.1, 0.15) is 32.8 Å². The summed E-state index contributed by atoms with van der Waals surface area (Å²) < 4.78 is 10.8. The summed E-state index contributed by atoms with van der Waals surface area (Å²) in [5.41, 5.74) is 5.03. The Morgan fingerprint density at radius 3 is 2.53 bits per heavy atom. The Balaban J connectivity index is 1.80. The number of hydrogen-bond donors (Lipinski definition) is 0. The van der Waals surface area contributed by atoms with Crippen molar-refractivity contribution >= 4 is 20.2 Å². The molecule has 32 heavy (non-hydrogen) atoms. The fourth-order valence-corrected chi connectivity index (χ4v) is 5.60. The molecular formula is C26H35N2O3P. The van der Waals surface area contributed by atoms with Crippen molar-refractivity contribution in [2.75, 3.05) is 34.4 Å². The second-order valence-corrected chi connectivity index (χ2v) is 9.91. The van der Waals surface area contributed by atoms with Crippen molar-refractivity contribution < 1.29 is 14.3 Å². The van der Waals surface area contributed by atoms with Gasteiger partial charge in [-0.15, -0.1) is 0 Å². The van der Waals surface area contributed by atoms with E-state index in [1.165, 1.54) is 16.7 Å². The van der Waals surface area contributed by atoms with Crippen LogP contribution >= 0.6 is 8.58 Å². The second kappa shape index (κ2) is 11.0. The summed E-state index contributed by atoms with van der Waals surface area (Å²) in [6.45, 7) is 8.82. The van der Waals surface area contributed by atoms with Crippen molar-refractivity contribution in [1.82, 2.24) is 9.80 Å². The SMILES string of the molecule is COc1ccc(/C(=C/C=O)PC2C(C)=CC(C3=CCN(C(C)C)CC3)=CN2C)cc1OC. The number of aldehydes is 1. The minimum atomic E-state index is 0.217. The van der Waals surface area contributed by atoms with Gasteiger partial charge in [-0.2, -0.15) is 0 Å². The van der Waals surface area contributed by atoms with E-state index in [-0.39, 0.29) is 5.78 Å². The van der Waals surface area contributed by atoms with E-state index in [1.807, 2.05) is 18.2 Å². The highest BCUT2D eigenvalue weighted by Gasteiger charge is 2.24. The molecule has 2 unspecified atom stereocenters. The highest BCUT2D eigenvalue weighted by Crippen LogP contribution is 2.45. The number of carbonyl (C=O) groups excluding carboxylic acids is 1. The summed E-state index contributed by atoms with van der Waals surface area (Å²) in [6.07, 6.45) is 10.6. The van der Waals surface area contributed by atoms with Gasteiger partial charge in [0.05, 0.1) is 20.0 Å². The first-order valence-electron chi connectivity index (χ1n) is 11.1. The van der Waals surface area contributed by atoms with Crippen molar-refractivity contribution in [3.63, 3.8) is 0 Å². The van der Waals surface area contributed by atoms with E-state index in [0.717, 1.165) is 36.7 Å². The lowest BCUT2D eigenvalue weighted by atomic mass is 9.96. The first kappa shape index (κ1) is 24.3. The van der Waals surface area contributed by atoms with Gasteiger partial charge in [0.15, 0.2) is 11.5 Å². The quantitative estimate of drug-likeness (QED) is 0.312. The van der Waals surface area contributed by atoms with Crippen LogP contribution in [0.15, 0.2) is 59.3 Å². The Morgan fingerprint density at radius 2 is 1.97 bits per heavy atom. The van der Waals surface area contributed by atoms with Crippen LogP contribution in [0.3, 0.4) is 0 Å². The van der Waals surface area contributed by atoms with Crippen LogP contribution in [0.25, 0.3) is 5.31 Å². The molecule has 1 aromatic rings. The molecule has 0 bridgehead atoms. The van der Waals surface area contributed by atoms with Gasteiger partial charge in [0.25, 0.3) is 0 Å². The Bertz CT molecular complexity index is 962. The summed E-state index contributed by atoms with van der Waals surface area (Å²) in [5.74, 6) is 1.56. The molecule has 0 saturated heterocycles. The maximum Gasteiger partial charge on any atom is 0.161 e. The first-order valence-corrected chi connectivity index (χ1v) is 12.2. The number of carbonyl (C=O) groups is 1. The third kappa shape index (κ3) is 5.51. The van der Waals surface area contributed by atoms with Crippen LogP contribution in [-0.2, 0) is 4.79 Å². The Labute approximate surface area is 194 Å². The smallest absolute Gasteiger partial charge is 0.161 e. The molecule has 5 nitrogen and oxygen atoms in total. The second-order valence-electron chi connectivity index (χ2n) is 8.54. The van der Waals surface area contributed by atoms with Crippen LogP contribution in [-0.4, -0.2) is 62.3 Å². The number of likely N-dealkylation sites (N-methyl/N-ethyl adjacent to an activating group) is 1. The zero-order chi connectivity index (χ0) is 23.3. The zero-order valence-corrected chi connectivity index (χ0v) is 21.0. The van der Waals surface area contributed by atoms with Gasteiger partial charge in [-0.25, -0.2) is 0 Å². The average molecular weight is 455 g/mol. The normalized spacial score (nSPS) is 20.3. The number of hydrogen-bond acceptors (Lipinski definition) is 5. The summed E-state index contributed by atoms with van der Waals surface area (Å²) in [6, 6.07) is 6.40. The van der Waals surface area contributed by atoms with Crippen molar-refractivity contribution in [3.05, 3.63) is 64.9 Å². The molecule has 0 N–H and O–H groups in total. The van der Waals surface area contributed by atoms with Gasteiger partial charge in [0, 0.05) is 32.4 Å².